The summed E-state index contributed by atoms with van der Waals surface area (Å²) < 4.78 is 0. The van der Waals surface area contributed by atoms with E-state index in [0.717, 1.165) is 10.5 Å². The molecule has 20 heavy (non-hydrogen) atoms. The van der Waals surface area contributed by atoms with Crippen molar-refractivity contribution in [3.05, 3.63) is 35.9 Å². The first kappa shape index (κ1) is 14.2. The molecule has 1 aromatic rings. The van der Waals surface area contributed by atoms with Crippen molar-refractivity contribution in [2.24, 2.45) is 0 Å². The van der Waals surface area contributed by atoms with E-state index in [9.17, 15) is 14.4 Å². The van der Waals surface area contributed by atoms with Crippen LogP contribution in [0.4, 0.5) is 0 Å². The van der Waals surface area contributed by atoms with Gasteiger partial charge in [0, 0.05) is 13.6 Å². The van der Waals surface area contributed by atoms with Crippen LogP contribution in [0, 0.1) is 0 Å². The Balaban J connectivity index is 1.73. The first-order chi connectivity index (χ1) is 9.58. The van der Waals surface area contributed by atoms with Gasteiger partial charge in [0.25, 0.3) is 0 Å². The molecule has 1 atom stereocenters. The topological polar surface area (TPSA) is 78.5 Å². The van der Waals surface area contributed by atoms with Gasteiger partial charge in [0.05, 0.1) is 19.0 Å². The summed E-state index contributed by atoms with van der Waals surface area (Å²) in [5.74, 6) is -0.716. The van der Waals surface area contributed by atoms with E-state index in [1.165, 1.54) is 7.05 Å². The molecule has 1 fully saturated rings. The molecular weight excluding hydrogens is 258 g/mol. The van der Waals surface area contributed by atoms with E-state index in [2.05, 4.69) is 10.6 Å². The Bertz CT molecular complexity index is 516. The number of likely N-dealkylation sites (N-methyl/N-ethyl adjacent to an activating group) is 1. The number of amides is 3. The van der Waals surface area contributed by atoms with Crippen molar-refractivity contribution in [1.82, 2.24) is 15.5 Å². The Morgan fingerprint density at radius 3 is 2.60 bits per heavy atom. The maximum atomic E-state index is 11.7. The zero-order chi connectivity index (χ0) is 14.5. The van der Waals surface area contributed by atoms with E-state index < -0.39 is 6.04 Å². The lowest BCUT2D eigenvalue weighted by molar-refractivity contribution is -0.137. The van der Waals surface area contributed by atoms with Crippen LogP contribution >= 0.6 is 0 Å². The average Bonchev–Trinajstić information content (AvgIpc) is 2.71. The Labute approximate surface area is 117 Å². The molecule has 1 saturated heterocycles. The van der Waals surface area contributed by atoms with E-state index in [0.29, 0.717) is 6.54 Å². The molecule has 3 amide bonds. The van der Waals surface area contributed by atoms with E-state index >= 15 is 0 Å². The second kappa shape index (κ2) is 6.29. The molecule has 2 N–H and O–H groups in total. The zero-order valence-electron chi connectivity index (χ0n) is 11.3. The summed E-state index contributed by atoms with van der Waals surface area (Å²) in [6, 6.07) is 8.96. The quantitative estimate of drug-likeness (QED) is 0.720. The molecule has 1 aliphatic heterocycles. The van der Waals surface area contributed by atoms with Crippen LogP contribution in [0.5, 0.6) is 0 Å². The number of imide groups is 1. The molecule has 0 radical (unpaired) electrons. The Kier molecular flexibility index (Phi) is 4.47. The molecule has 0 aromatic heterocycles. The number of carbonyl (C=O) groups is 3. The monoisotopic (exact) mass is 275 g/mol. The van der Waals surface area contributed by atoms with Crippen molar-refractivity contribution < 1.29 is 14.4 Å². The first-order valence-corrected chi connectivity index (χ1v) is 6.42. The van der Waals surface area contributed by atoms with Gasteiger partial charge in [0.2, 0.25) is 17.7 Å². The van der Waals surface area contributed by atoms with Crippen LogP contribution in [0.2, 0.25) is 0 Å². The standard InChI is InChI=1S/C14H17N3O3/c1-17-13(19)7-11(14(17)20)15-9-12(18)16-8-10-5-3-2-4-6-10/h2-6,11,15H,7-9H2,1H3,(H,16,18). The summed E-state index contributed by atoms with van der Waals surface area (Å²) in [6.07, 6.45) is 0.112. The molecule has 2 rings (SSSR count). The third kappa shape index (κ3) is 3.42. The number of benzene rings is 1. The number of carbonyl (C=O) groups excluding carboxylic acids is 3. The van der Waals surface area contributed by atoms with Gasteiger partial charge in [0.15, 0.2) is 0 Å². The minimum atomic E-state index is -0.588. The van der Waals surface area contributed by atoms with Crippen LogP contribution in [0.15, 0.2) is 30.3 Å². The third-order valence-corrected chi connectivity index (χ3v) is 3.22. The van der Waals surface area contributed by atoms with Crippen LogP contribution in [0.3, 0.4) is 0 Å². The highest BCUT2D eigenvalue weighted by Gasteiger charge is 2.35. The molecule has 106 valence electrons. The highest BCUT2D eigenvalue weighted by atomic mass is 16.2. The van der Waals surface area contributed by atoms with Gasteiger partial charge in [-0.1, -0.05) is 30.3 Å². The zero-order valence-corrected chi connectivity index (χ0v) is 11.3. The van der Waals surface area contributed by atoms with Crippen LogP contribution < -0.4 is 10.6 Å². The van der Waals surface area contributed by atoms with Gasteiger partial charge < -0.3 is 5.32 Å². The van der Waals surface area contributed by atoms with Gasteiger partial charge in [-0.2, -0.15) is 0 Å². The van der Waals surface area contributed by atoms with E-state index in [4.69, 9.17) is 0 Å². The number of hydrogen-bond donors (Lipinski definition) is 2. The normalized spacial score (nSPS) is 18.4. The molecule has 1 unspecified atom stereocenters. The highest BCUT2D eigenvalue weighted by Crippen LogP contribution is 2.09. The molecule has 0 saturated carbocycles. The highest BCUT2D eigenvalue weighted by molar-refractivity contribution is 6.05. The molecule has 1 aliphatic rings. The van der Waals surface area contributed by atoms with Gasteiger partial charge in [-0.15, -0.1) is 0 Å². The van der Waals surface area contributed by atoms with Crippen molar-refractivity contribution >= 4 is 17.7 Å². The van der Waals surface area contributed by atoms with E-state index in [1.54, 1.807) is 0 Å². The average molecular weight is 275 g/mol. The molecular formula is C14H17N3O3. The van der Waals surface area contributed by atoms with Crippen molar-refractivity contribution in [3.63, 3.8) is 0 Å². The molecule has 1 heterocycles. The summed E-state index contributed by atoms with van der Waals surface area (Å²) in [5, 5.41) is 5.55. The number of likely N-dealkylation sites (tertiary alicyclic amines) is 1. The summed E-state index contributed by atoms with van der Waals surface area (Å²) in [5.41, 5.74) is 1.01. The smallest absolute Gasteiger partial charge is 0.246 e. The molecule has 0 aliphatic carbocycles. The van der Waals surface area contributed by atoms with Gasteiger partial charge in [0.1, 0.15) is 0 Å². The minimum absolute atomic E-state index is 0.0182. The third-order valence-electron chi connectivity index (χ3n) is 3.22. The fraction of sp³-hybridized carbons (Fsp3) is 0.357. The largest absolute Gasteiger partial charge is 0.351 e. The predicted molar refractivity (Wildman–Crippen MR) is 72.5 cm³/mol. The Hall–Kier alpha value is -2.21. The molecule has 0 spiro atoms. The minimum Gasteiger partial charge on any atom is -0.351 e. The molecule has 6 heteroatoms. The second-order valence-corrected chi connectivity index (χ2v) is 4.69. The number of rotatable bonds is 5. The molecule has 6 nitrogen and oxygen atoms in total. The van der Waals surface area contributed by atoms with Gasteiger partial charge in [-0.3, -0.25) is 24.6 Å². The SMILES string of the molecule is CN1C(=O)CC(NCC(=O)NCc2ccccc2)C1=O. The Morgan fingerprint density at radius 2 is 2.00 bits per heavy atom. The number of hydrogen-bond acceptors (Lipinski definition) is 4. The number of nitrogens with one attached hydrogen (secondary N) is 2. The lowest BCUT2D eigenvalue weighted by atomic mass is 10.2. The summed E-state index contributed by atoms with van der Waals surface area (Å²) in [4.78, 5) is 35.7. The lowest BCUT2D eigenvalue weighted by Crippen LogP contribution is -2.42. The predicted octanol–water partition coefficient (Wildman–Crippen LogP) is -0.350. The fourth-order valence-electron chi connectivity index (χ4n) is 1.99. The van der Waals surface area contributed by atoms with Crippen molar-refractivity contribution in [1.29, 1.82) is 0 Å². The van der Waals surface area contributed by atoms with Gasteiger partial charge in [-0.05, 0) is 5.56 Å². The maximum absolute atomic E-state index is 11.7. The van der Waals surface area contributed by atoms with E-state index in [-0.39, 0.29) is 30.7 Å². The maximum Gasteiger partial charge on any atom is 0.246 e. The van der Waals surface area contributed by atoms with Crippen LogP contribution in [0.25, 0.3) is 0 Å². The van der Waals surface area contributed by atoms with E-state index in [1.807, 2.05) is 30.3 Å². The first-order valence-electron chi connectivity index (χ1n) is 6.42. The second-order valence-electron chi connectivity index (χ2n) is 4.69. The summed E-state index contributed by atoms with van der Waals surface area (Å²) in [7, 11) is 1.45. The van der Waals surface area contributed by atoms with Crippen molar-refractivity contribution in [2.75, 3.05) is 13.6 Å². The lowest BCUT2D eigenvalue weighted by Gasteiger charge is -2.11. The van der Waals surface area contributed by atoms with Gasteiger partial charge in [-0.25, -0.2) is 0 Å². The van der Waals surface area contributed by atoms with Crippen LogP contribution in [0.1, 0.15) is 12.0 Å². The van der Waals surface area contributed by atoms with Crippen molar-refractivity contribution in [3.8, 4) is 0 Å². The molecule has 0 bridgehead atoms. The Morgan fingerprint density at radius 1 is 1.30 bits per heavy atom. The summed E-state index contributed by atoms with van der Waals surface area (Å²) in [6.45, 7) is 0.461. The number of nitrogens with zero attached hydrogens (tertiary/aromatic N) is 1. The summed E-state index contributed by atoms with van der Waals surface area (Å²) >= 11 is 0. The van der Waals surface area contributed by atoms with Crippen LogP contribution in [-0.4, -0.2) is 42.3 Å². The molecule has 1 aromatic carbocycles. The van der Waals surface area contributed by atoms with Crippen molar-refractivity contribution in [2.45, 2.75) is 19.0 Å². The fourth-order valence-corrected chi connectivity index (χ4v) is 1.99. The van der Waals surface area contributed by atoms with Gasteiger partial charge >= 0.3 is 0 Å². The van der Waals surface area contributed by atoms with Crippen LogP contribution in [-0.2, 0) is 20.9 Å².